The number of anilines is 1. The number of piperidine rings is 1. The molecule has 1 aliphatic rings. The van der Waals surface area contributed by atoms with Crippen LogP contribution in [-0.2, 0) is 9.59 Å². The maximum absolute atomic E-state index is 12.2. The van der Waals surface area contributed by atoms with Crippen molar-refractivity contribution in [1.82, 2.24) is 9.88 Å². The Kier molecular flexibility index (Phi) is 7.06. The smallest absolute Gasteiger partial charge is 0.306 e. The Morgan fingerprint density at radius 3 is 2.55 bits per heavy atom. The summed E-state index contributed by atoms with van der Waals surface area (Å²) in [7, 11) is 0. The predicted octanol–water partition coefficient (Wildman–Crippen LogP) is 2.28. The number of amides is 1. The molecular formula is C14H19Cl2N3O3. The zero-order chi connectivity index (χ0) is 15.4. The van der Waals surface area contributed by atoms with Crippen LogP contribution >= 0.6 is 24.0 Å². The van der Waals surface area contributed by atoms with Crippen molar-refractivity contribution in [2.75, 3.05) is 18.4 Å². The lowest BCUT2D eigenvalue weighted by Crippen LogP contribution is -2.47. The number of aromatic nitrogens is 1. The molecule has 2 heterocycles. The number of pyridine rings is 1. The number of carboxylic acid groups (broad SMARTS) is 1. The monoisotopic (exact) mass is 347 g/mol. The van der Waals surface area contributed by atoms with Crippen LogP contribution in [0.2, 0.25) is 5.02 Å². The zero-order valence-corrected chi connectivity index (χ0v) is 13.7. The molecular weight excluding hydrogens is 329 g/mol. The molecule has 1 atom stereocenters. The minimum atomic E-state index is -0.753. The molecule has 1 amide bonds. The van der Waals surface area contributed by atoms with Gasteiger partial charge in [0.1, 0.15) is 5.82 Å². The van der Waals surface area contributed by atoms with E-state index in [2.05, 4.69) is 10.3 Å². The van der Waals surface area contributed by atoms with Gasteiger partial charge in [0.15, 0.2) is 0 Å². The second kappa shape index (κ2) is 8.31. The maximum Gasteiger partial charge on any atom is 0.306 e. The van der Waals surface area contributed by atoms with Crippen molar-refractivity contribution in [2.45, 2.75) is 25.8 Å². The average molecular weight is 348 g/mol. The molecule has 0 bridgehead atoms. The van der Waals surface area contributed by atoms with Crippen molar-refractivity contribution in [3.8, 4) is 0 Å². The fourth-order valence-electron chi connectivity index (χ4n) is 2.38. The molecule has 1 unspecified atom stereocenters. The number of likely N-dealkylation sites (tertiary alicyclic amines) is 1. The Hall–Kier alpha value is -1.37. The molecule has 122 valence electrons. The predicted molar refractivity (Wildman–Crippen MR) is 86.5 cm³/mol. The number of carboxylic acids is 1. The van der Waals surface area contributed by atoms with Crippen LogP contribution in [0.15, 0.2) is 18.3 Å². The summed E-state index contributed by atoms with van der Waals surface area (Å²) in [6.45, 7) is 3.03. The van der Waals surface area contributed by atoms with Gasteiger partial charge in [0.25, 0.3) is 0 Å². The molecule has 2 N–H and O–H groups in total. The van der Waals surface area contributed by atoms with Crippen LogP contribution < -0.4 is 5.32 Å². The molecule has 22 heavy (non-hydrogen) atoms. The molecule has 1 saturated heterocycles. The highest BCUT2D eigenvalue weighted by Crippen LogP contribution is 2.19. The number of hydrogen-bond acceptors (Lipinski definition) is 4. The summed E-state index contributed by atoms with van der Waals surface area (Å²) in [6.07, 6.45) is 2.62. The minimum absolute atomic E-state index is 0. The average Bonchev–Trinajstić information content (AvgIpc) is 2.49. The molecule has 1 aromatic heterocycles. The molecule has 2 rings (SSSR count). The number of nitrogens with one attached hydrogen (secondary N) is 1. The molecule has 6 nitrogen and oxygen atoms in total. The number of carbonyl (C=O) groups excluding carboxylic acids is 1. The summed E-state index contributed by atoms with van der Waals surface area (Å²) in [4.78, 5) is 29.1. The van der Waals surface area contributed by atoms with Crippen LogP contribution in [0.25, 0.3) is 0 Å². The lowest BCUT2D eigenvalue weighted by molar-refractivity contribution is -0.143. The largest absolute Gasteiger partial charge is 0.481 e. The van der Waals surface area contributed by atoms with Gasteiger partial charge < -0.3 is 10.4 Å². The summed E-state index contributed by atoms with van der Waals surface area (Å²) in [6, 6.07) is 2.98. The van der Waals surface area contributed by atoms with E-state index < -0.39 is 5.97 Å². The number of aliphatic carboxylic acids is 1. The van der Waals surface area contributed by atoms with E-state index in [4.69, 9.17) is 16.7 Å². The number of nitrogens with zero attached hydrogens (tertiary/aromatic N) is 2. The van der Waals surface area contributed by atoms with Crippen LogP contribution in [0.5, 0.6) is 0 Å². The SMILES string of the molecule is CC(C(=O)Nc1ccc(Cl)cn1)N1CCC(C(=O)O)CC1.Cl. The number of hydrogen-bond donors (Lipinski definition) is 2. The molecule has 1 aromatic rings. The third kappa shape index (κ3) is 4.83. The molecule has 8 heteroatoms. The summed E-state index contributed by atoms with van der Waals surface area (Å²) >= 11 is 5.74. The molecule has 0 aromatic carbocycles. The van der Waals surface area contributed by atoms with E-state index in [1.165, 1.54) is 6.20 Å². The van der Waals surface area contributed by atoms with Gasteiger partial charge >= 0.3 is 5.97 Å². The fourth-order valence-corrected chi connectivity index (χ4v) is 2.49. The van der Waals surface area contributed by atoms with Crippen LogP contribution in [0.4, 0.5) is 5.82 Å². The number of halogens is 2. The first kappa shape index (κ1) is 18.7. The third-order valence-electron chi connectivity index (χ3n) is 3.78. The van der Waals surface area contributed by atoms with Gasteiger partial charge in [0, 0.05) is 6.20 Å². The van der Waals surface area contributed by atoms with E-state index in [1.54, 1.807) is 12.1 Å². The van der Waals surface area contributed by atoms with Gasteiger partial charge in [-0.05, 0) is 45.0 Å². The summed E-state index contributed by atoms with van der Waals surface area (Å²) in [5, 5.41) is 12.2. The van der Waals surface area contributed by atoms with Crippen molar-refractivity contribution in [3.05, 3.63) is 23.4 Å². The first-order chi connectivity index (χ1) is 9.97. The van der Waals surface area contributed by atoms with E-state index in [9.17, 15) is 9.59 Å². The van der Waals surface area contributed by atoms with Gasteiger partial charge in [-0.3, -0.25) is 14.5 Å². The van der Waals surface area contributed by atoms with Crippen molar-refractivity contribution in [3.63, 3.8) is 0 Å². The Morgan fingerprint density at radius 1 is 1.41 bits per heavy atom. The standard InChI is InChI=1S/C14H18ClN3O3.ClH/c1-9(18-6-4-10(5-7-18)14(20)21)13(19)17-12-3-2-11(15)8-16-12;/h2-3,8-10H,4-7H2,1H3,(H,20,21)(H,16,17,19);1H. The quantitative estimate of drug-likeness (QED) is 0.872. The Bertz CT molecular complexity index is 517. The number of rotatable bonds is 4. The van der Waals surface area contributed by atoms with E-state index in [1.807, 2.05) is 11.8 Å². The topological polar surface area (TPSA) is 82.5 Å². The minimum Gasteiger partial charge on any atom is -0.481 e. The molecule has 0 aliphatic carbocycles. The number of carbonyl (C=O) groups is 2. The van der Waals surface area contributed by atoms with Gasteiger partial charge in [-0.15, -0.1) is 12.4 Å². The third-order valence-corrected chi connectivity index (χ3v) is 4.01. The van der Waals surface area contributed by atoms with E-state index in [0.29, 0.717) is 36.8 Å². The summed E-state index contributed by atoms with van der Waals surface area (Å²) in [5.74, 6) is -0.748. The van der Waals surface area contributed by atoms with Crippen molar-refractivity contribution in [2.24, 2.45) is 5.92 Å². The first-order valence-corrected chi connectivity index (χ1v) is 7.24. The lowest BCUT2D eigenvalue weighted by atomic mass is 9.96. The molecule has 0 spiro atoms. The van der Waals surface area contributed by atoms with Gasteiger partial charge in [0.05, 0.1) is 17.0 Å². The van der Waals surface area contributed by atoms with E-state index >= 15 is 0 Å². The zero-order valence-electron chi connectivity index (χ0n) is 12.2. The van der Waals surface area contributed by atoms with Gasteiger partial charge in [-0.2, -0.15) is 0 Å². The highest BCUT2D eigenvalue weighted by atomic mass is 35.5. The molecule has 0 saturated carbocycles. The second-order valence-corrected chi connectivity index (χ2v) is 5.61. The van der Waals surface area contributed by atoms with Crippen molar-refractivity contribution >= 4 is 41.7 Å². The highest BCUT2D eigenvalue weighted by Gasteiger charge is 2.29. The van der Waals surface area contributed by atoms with Crippen LogP contribution in [0, 0.1) is 5.92 Å². The highest BCUT2D eigenvalue weighted by molar-refractivity contribution is 6.30. The van der Waals surface area contributed by atoms with Crippen molar-refractivity contribution < 1.29 is 14.7 Å². The van der Waals surface area contributed by atoms with E-state index in [-0.39, 0.29) is 30.3 Å². The summed E-state index contributed by atoms with van der Waals surface area (Å²) < 4.78 is 0. The fraction of sp³-hybridized carbons (Fsp3) is 0.500. The maximum atomic E-state index is 12.2. The Labute approximate surface area is 140 Å². The van der Waals surface area contributed by atoms with Gasteiger partial charge in [-0.1, -0.05) is 11.6 Å². The second-order valence-electron chi connectivity index (χ2n) is 5.18. The Morgan fingerprint density at radius 2 is 2.05 bits per heavy atom. The van der Waals surface area contributed by atoms with Crippen LogP contribution in [-0.4, -0.2) is 46.0 Å². The van der Waals surface area contributed by atoms with E-state index in [0.717, 1.165) is 0 Å². The molecule has 1 aliphatic heterocycles. The van der Waals surface area contributed by atoms with Gasteiger partial charge in [0.2, 0.25) is 5.91 Å². The first-order valence-electron chi connectivity index (χ1n) is 6.86. The van der Waals surface area contributed by atoms with Crippen LogP contribution in [0.1, 0.15) is 19.8 Å². The summed E-state index contributed by atoms with van der Waals surface area (Å²) in [5.41, 5.74) is 0. The molecule has 0 radical (unpaired) electrons. The van der Waals surface area contributed by atoms with Crippen LogP contribution in [0.3, 0.4) is 0 Å². The van der Waals surface area contributed by atoms with Crippen molar-refractivity contribution in [1.29, 1.82) is 0 Å². The Balaban J connectivity index is 0.00000242. The normalized spacial score (nSPS) is 17.4. The van der Waals surface area contributed by atoms with Gasteiger partial charge in [-0.25, -0.2) is 4.98 Å². The molecule has 1 fully saturated rings. The lowest BCUT2D eigenvalue weighted by Gasteiger charge is -2.33.